The Morgan fingerprint density at radius 2 is 1.92 bits per heavy atom. The SMILES string of the molecule is COCCCNC(=O)c1ccc(Cn2c(SCc3cccc(C(F)(F)F)c3)nc3ccncc32)cc1. The number of fused-ring (bicyclic) bond motifs is 1. The van der Waals surface area contributed by atoms with Crippen molar-refractivity contribution in [1.29, 1.82) is 0 Å². The summed E-state index contributed by atoms with van der Waals surface area (Å²) in [6.07, 6.45) is -0.269. The van der Waals surface area contributed by atoms with Crippen molar-refractivity contribution >= 4 is 28.7 Å². The molecule has 1 amide bonds. The molecule has 4 rings (SSSR count). The van der Waals surface area contributed by atoms with Crippen molar-refractivity contribution in [3.05, 3.63) is 89.2 Å². The highest BCUT2D eigenvalue weighted by Crippen LogP contribution is 2.32. The van der Waals surface area contributed by atoms with Crippen molar-refractivity contribution in [3.8, 4) is 0 Å². The highest BCUT2D eigenvalue weighted by molar-refractivity contribution is 7.98. The Kier molecular flexibility index (Phi) is 8.27. The fourth-order valence-corrected chi connectivity index (χ4v) is 4.62. The molecule has 0 aliphatic carbocycles. The van der Waals surface area contributed by atoms with Gasteiger partial charge in [0.05, 0.1) is 29.3 Å². The van der Waals surface area contributed by atoms with E-state index >= 15 is 0 Å². The molecular weight excluding hydrogens is 489 g/mol. The minimum Gasteiger partial charge on any atom is -0.385 e. The zero-order chi connectivity index (χ0) is 25.5. The average Bonchev–Trinajstić information content (AvgIpc) is 3.22. The first-order chi connectivity index (χ1) is 17.3. The van der Waals surface area contributed by atoms with Crippen LogP contribution in [0.15, 0.2) is 72.1 Å². The predicted molar refractivity (Wildman–Crippen MR) is 133 cm³/mol. The van der Waals surface area contributed by atoms with Gasteiger partial charge in [0.2, 0.25) is 0 Å². The molecule has 0 unspecified atom stereocenters. The van der Waals surface area contributed by atoms with Gasteiger partial charge in [-0.05, 0) is 41.8 Å². The van der Waals surface area contributed by atoms with Crippen LogP contribution in [0.1, 0.15) is 33.5 Å². The molecule has 6 nitrogen and oxygen atoms in total. The Morgan fingerprint density at radius 1 is 1.11 bits per heavy atom. The molecule has 0 saturated carbocycles. The second-order valence-corrected chi connectivity index (χ2v) is 9.07. The lowest BCUT2D eigenvalue weighted by molar-refractivity contribution is -0.137. The zero-order valence-corrected chi connectivity index (χ0v) is 20.4. The molecule has 0 fully saturated rings. The number of aromatic nitrogens is 3. The Labute approximate surface area is 210 Å². The van der Waals surface area contributed by atoms with E-state index in [9.17, 15) is 18.0 Å². The van der Waals surface area contributed by atoms with E-state index in [0.29, 0.717) is 41.7 Å². The minimum absolute atomic E-state index is 0.146. The number of imidazole rings is 1. The quantitative estimate of drug-likeness (QED) is 0.222. The van der Waals surface area contributed by atoms with E-state index in [-0.39, 0.29) is 5.91 Å². The maximum atomic E-state index is 13.1. The first-order valence-electron chi connectivity index (χ1n) is 11.3. The summed E-state index contributed by atoms with van der Waals surface area (Å²) in [5.41, 5.74) is 2.99. The van der Waals surface area contributed by atoms with Crippen LogP contribution in [0.2, 0.25) is 0 Å². The second-order valence-electron chi connectivity index (χ2n) is 8.13. The molecule has 188 valence electrons. The molecule has 1 N–H and O–H groups in total. The third-order valence-electron chi connectivity index (χ3n) is 5.51. The van der Waals surface area contributed by atoms with Crippen LogP contribution in [0.5, 0.6) is 0 Å². The number of rotatable bonds is 10. The molecule has 2 heterocycles. The van der Waals surface area contributed by atoms with E-state index in [2.05, 4.69) is 15.3 Å². The van der Waals surface area contributed by atoms with E-state index in [1.165, 1.54) is 23.9 Å². The number of methoxy groups -OCH3 is 1. The monoisotopic (exact) mass is 514 g/mol. The number of hydrogen-bond donors (Lipinski definition) is 1. The summed E-state index contributed by atoms with van der Waals surface area (Å²) in [6, 6.07) is 14.4. The zero-order valence-electron chi connectivity index (χ0n) is 19.6. The molecule has 0 aliphatic rings. The lowest BCUT2D eigenvalue weighted by Gasteiger charge is -2.11. The number of hydrogen-bond acceptors (Lipinski definition) is 5. The number of amides is 1. The summed E-state index contributed by atoms with van der Waals surface area (Å²) in [6.45, 7) is 1.60. The van der Waals surface area contributed by atoms with E-state index < -0.39 is 11.7 Å². The average molecular weight is 515 g/mol. The first-order valence-corrected chi connectivity index (χ1v) is 12.3. The molecule has 2 aromatic carbocycles. The van der Waals surface area contributed by atoms with Gasteiger partial charge < -0.3 is 14.6 Å². The van der Waals surface area contributed by atoms with Crippen molar-refractivity contribution < 1.29 is 22.7 Å². The summed E-state index contributed by atoms with van der Waals surface area (Å²) >= 11 is 1.37. The highest BCUT2D eigenvalue weighted by Gasteiger charge is 2.30. The first kappa shape index (κ1) is 25.7. The number of carbonyl (C=O) groups is 1. The van der Waals surface area contributed by atoms with E-state index in [1.807, 2.05) is 16.7 Å². The Hall–Kier alpha value is -3.37. The molecule has 10 heteroatoms. The molecule has 0 atom stereocenters. The number of alkyl halides is 3. The molecule has 4 aromatic rings. The van der Waals surface area contributed by atoms with Crippen LogP contribution < -0.4 is 5.32 Å². The van der Waals surface area contributed by atoms with Crippen LogP contribution in [0.25, 0.3) is 11.0 Å². The van der Waals surface area contributed by atoms with Gasteiger partial charge in [-0.3, -0.25) is 9.78 Å². The van der Waals surface area contributed by atoms with Crippen LogP contribution in [-0.4, -0.2) is 40.7 Å². The van der Waals surface area contributed by atoms with Crippen molar-refractivity contribution in [2.75, 3.05) is 20.3 Å². The Morgan fingerprint density at radius 3 is 2.67 bits per heavy atom. The molecule has 0 radical (unpaired) electrons. The Balaban J connectivity index is 1.50. The maximum Gasteiger partial charge on any atom is 0.416 e. The molecule has 0 bridgehead atoms. The number of ether oxygens (including phenoxy) is 1. The molecule has 36 heavy (non-hydrogen) atoms. The van der Waals surface area contributed by atoms with Crippen molar-refractivity contribution in [2.45, 2.75) is 30.1 Å². The van der Waals surface area contributed by atoms with Crippen LogP contribution in [-0.2, 0) is 23.2 Å². The number of halogens is 3. The molecular formula is C26H25F3N4O2S. The van der Waals surface area contributed by atoms with Gasteiger partial charge in [-0.25, -0.2) is 4.98 Å². The number of benzene rings is 2. The number of nitrogens with zero attached hydrogens (tertiary/aromatic N) is 3. The number of pyridine rings is 1. The van der Waals surface area contributed by atoms with Gasteiger partial charge in [-0.2, -0.15) is 13.2 Å². The van der Waals surface area contributed by atoms with Gasteiger partial charge in [-0.1, -0.05) is 42.1 Å². The fraction of sp³-hybridized carbons (Fsp3) is 0.269. The lowest BCUT2D eigenvalue weighted by Crippen LogP contribution is -2.25. The van der Waals surface area contributed by atoms with Crippen LogP contribution >= 0.6 is 11.8 Å². The molecule has 0 aliphatic heterocycles. The van der Waals surface area contributed by atoms with Crippen LogP contribution in [0.4, 0.5) is 13.2 Å². The maximum absolute atomic E-state index is 13.1. The summed E-state index contributed by atoms with van der Waals surface area (Å²) < 4.78 is 46.2. The van der Waals surface area contributed by atoms with Crippen LogP contribution in [0.3, 0.4) is 0 Å². The van der Waals surface area contributed by atoms with Gasteiger partial charge in [0, 0.05) is 37.8 Å². The highest BCUT2D eigenvalue weighted by atomic mass is 32.2. The summed E-state index contributed by atoms with van der Waals surface area (Å²) in [7, 11) is 1.62. The van der Waals surface area contributed by atoms with Crippen molar-refractivity contribution in [1.82, 2.24) is 19.9 Å². The summed E-state index contributed by atoms with van der Waals surface area (Å²) in [4.78, 5) is 21.2. The number of nitrogens with one attached hydrogen (secondary N) is 1. The Bertz CT molecular complexity index is 1320. The normalized spacial score (nSPS) is 11.7. The summed E-state index contributed by atoms with van der Waals surface area (Å²) in [5, 5.41) is 3.54. The number of carbonyl (C=O) groups excluding carboxylic acids is 1. The van der Waals surface area contributed by atoms with Crippen molar-refractivity contribution in [2.24, 2.45) is 0 Å². The molecule has 2 aromatic heterocycles. The molecule has 0 spiro atoms. The fourth-order valence-electron chi connectivity index (χ4n) is 3.66. The molecule has 0 saturated heterocycles. The van der Waals surface area contributed by atoms with Gasteiger partial charge >= 0.3 is 6.18 Å². The largest absolute Gasteiger partial charge is 0.416 e. The smallest absolute Gasteiger partial charge is 0.385 e. The summed E-state index contributed by atoms with van der Waals surface area (Å²) in [5.74, 6) is 0.190. The van der Waals surface area contributed by atoms with Gasteiger partial charge in [0.1, 0.15) is 0 Å². The standard InChI is InChI=1S/C26H25F3N4O2S/c1-35-13-3-11-31-24(34)20-8-6-18(7-9-20)16-33-23-15-30-12-10-22(23)32-25(33)36-17-19-4-2-5-21(14-19)26(27,28)29/h2,4-10,12,14-15H,3,11,13,16-17H2,1H3,(H,31,34). The van der Waals surface area contributed by atoms with E-state index in [0.717, 1.165) is 29.1 Å². The van der Waals surface area contributed by atoms with E-state index in [1.54, 1.807) is 43.8 Å². The topological polar surface area (TPSA) is 69.0 Å². The minimum atomic E-state index is -4.38. The predicted octanol–water partition coefficient (Wildman–Crippen LogP) is 5.56. The lowest BCUT2D eigenvalue weighted by atomic mass is 10.1. The van der Waals surface area contributed by atoms with Gasteiger partial charge in [0.25, 0.3) is 5.91 Å². The van der Waals surface area contributed by atoms with Crippen LogP contribution in [0, 0.1) is 0 Å². The second kappa shape index (κ2) is 11.6. The van der Waals surface area contributed by atoms with Gasteiger partial charge in [0.15, 0.2) is 5.16 Å². The van der Waals surface area contributed by atoms with Gasteiger partial charge in [-0.15, -0.1) is 0 Å². The third-order valence-corrected chi connectivity index (χ3v) is 6.55. The van der Waals surface area contributed by atoms with E-state index in [4.69, 9.17) is 4.74 Å². The van der Waals surface area contributed by atoms with Crippen molar-refractivity contribution in [3.63, 3.8) is 0 Å². The number of thioether (sulfide) groups is 1. The third kappa shape index (κ3) is 6.44.